The highest BCUT2D eigenvalue weighted by Gasteiger charge is 2.47. The monoisotopic (exact) mass is 483 g/mol. The van der Waals surface area contributed by atoms with Crippen LogP contribution < -0.4 is 14.4 Å². The first-order valence-electron chi connectivity index (χ1n) is 10.0. The van der Waals surface area contributed by atoms with Crippen molar-refractivity contribution in [2.75, 3.05) is 19.1 Å². The quantitative estimate of drug-likeness (QED) is 0.306. The predicted molar refractivity (Wildman–Crippen MR) is 124 cm³/mol. The number of ether oxygens (including phenoxy) is 2. The van der Waals surface area contributed by atoms with E-state index < -0.39 is 29.3 Å². The molecule has 1 unspecified atom stereocenters. The maximum atomic E-state index is 13.5. The molecular weight excluding hydrogens is 465 g/mol. The fourth-order valence-corrected chi connectivity index (χ4v) is 4.09. The van der Waals surface area contributed by atoms with E-state index in [0.717, 1.165) is 12.1 Å². The number of Topliss-reactive ketones (excluding diaryl/α,β-unsaturated/α-hetero) is 1. The number of hydrogen-bond donors (Lipinski definition) is 2. The van der Waals surface area contributed by atoms with Gasteiger partial charge in [0.1, 0.15) is 28.8 Å². The summed E-state index contributed by atoms with van der Waals surface area (Å²) in [6, 6.07) is 12.6. The van der Waals surface area contributed by atoms with Crippen LogP contribution in [0.15, 0.2) is 66.2 Å². The van der Waals surface area contributed by atoms with Gasteiger partial charge in [-0.1, -0.05) is 23.7 Å². The first kappa shape index (κ1) is 23.1. The molecule has 0 aromatic heterocycles. The van der Waals surface area contributed by atoms with E-state index in [1.54, 1.807) is 0 Å². The van der Waals surface area contributed by atoms with E-state index in [9.17, 15) is 24.2 Å². The van der Waals surface area contributed by atoms with Crippen LogP contribution in [0.5, 0.6) is 17.2 Å². The number of aliphatic hydroxyl groups is 1. The van der Waals surface area contributed by atoms with Gasteiger partial charge in [-0.3, -0.25) is 14.5 Å². The van der Waals surface area contributed by atoms with E-state index in [2.05, 4.69) is 0 Å². The standard InChI is InChI=1S/C25H19ClFNO6/c1-33-19-12-18(26)20(34-2)11-17(19)23(30)21-22(13-3-9-16(29)10-4-13)28(25(32)24(21)31)15-7-5-14(27)6-8-15/h3-12,22,29-30H,1-2H3/b23-21+. The fourth-order valence-electron chi connectivity index (χ4n) is 3.86. The molecule has 0 spiro atoms. The van der Waals surface area contributed by atoms with E-state index in [0.29, 0.717) is 5.56 Å². The average molecular weight is 484 g/mol. The number of aromatic hydroxyl groups is 1. The Morgan fingerprint density at radius 3 is 2.18 bits per heavy atom. The van der Waals surface area contributed by atoms with Crippen LogP contribution in [0.2, 0.25) is 5.02 Å². The Morgan fingerprint density at radius 2 is 1.59 bits per heavy atom. The number of benzene rings is 3. The largest absolute Gasteiger partial charge is 0.508 e. The van der Waals surface area contributed by atoms with Crippen LogP contribution in [0, 0.1) is 5.82 Å². The third-order valence-electron chi connectivity index (χ3n) is 5.49. The Labute approximate surface area is 199 Å². The molecule has 1 aliphatic rings. The van der Waals surface area contributed by atoms with Crippen LogP contribution in [-0.2, 0) is 9.59 Å². The van der Waals surface area contributed by atoms with Gasteiger partial charge in [0.25, 0.3) is 11.7 Å². The average Bonchev–Trinajstić information content (AvgIpc) is 3.10. The summed E-state index contributed by atoms with van der Waals surface area (Å²) < 4.78 is 24.1. The van der Waals surface area contributed by atoms with Crippen molar-refractivity contribution in [3.63, 3.8) is 0 Å². The summed E-state index contributed by atoms with van der Waals surface area (Å²) in [6.07, 6.45) is 0. The molecule has 9 heteroatoms. The lowest BCUT2D eigenvalue weighted by molar-refractivity contribution is -0.132. The molecule has 1 aliphatic heterocycles. The predicted octanol–water partition coefficient (Wildman–Crippen LogP) is 4.83. The second-order valence-corrected chi connectivity index (χ2v) is 7.83. The minimum atomic E-state index is -1.07. The van der Waals surface area contributed by atoms with Gasteiger partial charge in [0, 0.05) is 11.8 Å². The van der Waals surface area contributed by atoms with E-state index in [4.69, 9.17) is 21.1 Å². The summed E-state index contributed by atoms with van der Waals surface area (Å²) in [5.74, 6) is -2.53. The number of halogens is 2. The number of amides is 1. The third kappa shape index (κ3) is 3.92. The Hall–Kier alpha value is -4.04. The number of rotatable bonds is 5. The van der Waals surface area contributed by atoms with Crippen LogP contribution in [0.4, 0.5) is 10.1 Å². The lowest BCUT2D eigenvalue weighted by Gasteiger charge is -2.25. The topological polar surface area (TPSA) is 96.3 Å². The normalized spacial score (nSPS) is 17.2. The molecule has 1 fully saturated rings. The number of methoxy groups -OCH3 is 2. The number of carbonyl (C=O) groups excluding carboxylic acids is 2. The van der Waals surface area contributed by atoms with Gasteiger partial charge >= 0.3 is 0 Å². The first-order valence-corrected chi connectivity index (χ1v) is 10.4. The van der Waals surface area contributed by atoms with Crippen molar-refractivity contribution in [2.45, 2.75) is 6.04 Å². The van der Waals surface area contributed by atoms with Gasteiger partial charge in [0.05, 0.1) is 36.4 Å². The minimum absolute atomic E-state index is 0.0217. The number of ketones is 1. The molecule has 1 amide bonds. The molecule has 1 atom stereocenters. The number of nitrogens with zero attached hydrogens (tertiary/aromatic N) is 1. The zero-order chi connectivity index (χ0) is 24.6. The fraction of sp³-hybridized carbons (Fsp3) is 0.120. The Bertz CT molecular complexity index is 1300. The van der Waals surface area contributed by atoms with Crippen LogP contribution >= 0.6 is 11.6 Å². The maximum Gasteiger partial charge on any atom is 0.300 e. The molecule has 1 saturated heterocycles. The lowest BCUT2D eigenvalue weighted by atomic mass is 9.94. The molecule has 7 nitrogen and oxygen atoms in total. The highest BCUT2D eigenvalue weighted by molar-refractivity contribution is 6.51. The van der Waals surface area contributed by atoms with Crippen molar-refractivity contribution in [2.24, 2.45) is 0 Å². The second kappa shape index (κ2) is 9.07. The Kier molecular flexibility index (Phi) is 6.17. The smallest absolute Gasteiger partial charge is 0.300 e. The number of phenols is 1. The molecule has 3 aromatic carbocycles. The maximum absolute atomic E-state index is 13.5. The minimum Gasteiger partial charge on any atom is -0.508 e. The Balaban J connectivity index is 1.99. The SMILES string of the molecule is COc1cc(/C(O)=C2\C(=O)C(=O)N(c3ccc(F)cc3)C2c2ccc(O)cc2)c(OC)cc1Cl. The number of phenolic OH excluding ortho intramolecular Hbond substituents is 1. The number of hydrogen-bond acceptors (Lipinski definition) is 6. The molecule has 0 bridgehead atoms. The van der Waals surface area contributed by atoms with Gasteiger partial charge in [-0.25, -0.2) is 4.39 Å². The number of carbonyl (C=O) groups is 2. The molecule has 174 valence electrons. The van der Waals surface area contributed by atoms with E-state index in [-0.39, 0.29) is 39.1 Å². The van der Waals surface area contributed by atoms with Gasteiger partial charge in [-0.15, -0.1) is 0 Å². The van der Waals surface area contributed by atoms with E-state index >= 15 is 0 Å². The lowest BCUT2D eigenvalue weighted by Crippen LogP contribution is -2.29. The number of aliphatic hydroxyl groups excluding tert-OH is 1. The number of anilines is 1. The molecule has 0 saturated carbocycles. The van der Waals surface area contributed by atoms with Crippen molar-refractivity contribution in [3.05, 3.63) is 88.2 Å². The van der Waals surface area contributed by atoms with Crippen molar-refractivity contribution in [1.82, 2.24) is 0 Å². The molecule has 0 radical (unpaired) electrons. The summed E-state index contributed by atoms with van der Waals surface area (Å²) in [5.41, 5.74) is 0.552. The van der Waals surface area contributed by atoms with Crippen molar-refractivity contribution >= 4 is 34.7 Å². The zero-order valence-corrected chi connectivity index (χ0v) is 18.8. The van der Waals surface area contributed by atoms with Crippen LogP contribution in [-0.4, -0.2) is 36.1 Å². The molecule has 0 aliphatic carbocycles. The highest BCUT2D eigenvalue weighted by Crippen LogP contribution is 2.44. The first-order chi connectivity index (χ1) is 16.3. The summed E-state index contributed by atoms with van der Waals surface area (Å²) in [6.45, 7) is 0. The Morgan fingerprint density at radius 1 is 0.971 bits per heavy atom. The molecule has 1 heterocycles. The van der Waals surface area contributed by atoms with Crippen molar-refractivity contribution < 1.29 is 33.7 Å². The molecular formula is C25H19ClFNO6. The zero-order valence-electron chi connectivity index (χ0n) is 18.1. The van der Waals surface area contributed by atoms with Crippen LogP contribution in [0.25, 0.3) is 5.76 Å². The molecule has 3 aromatic rings. The summed E-state index contributed by atoms with van der Waals surface area (Å²) in [4.78, 5) is 27.5. The van der Waals surface area contributed by atoms with Crippen molar-refractivity contribution in [3.8, 4) is 17.2 Å². The van der Waals surface area contributed by atoms with E-state index in [1.807, 2.05) is 0 Å². The molecule has 2 N–H and O–H groups in total. The third-order valence-corrected chi connectivity index (χ3v) is 5.78. The van der Waals surface area contributed by atoms with Gasteiger partial charge < -0.3 is 19.7 Å². The molecule has 34 heavy (non-hydrogen) atoms. The highest BCUT2D eigenvalue weighted by atomic mass is 35.5. The van der Waals surface area contributed by atoms with E-state index in [1.165, 1.54) is 67.7 Å². The van der Waals surface area contributed by atoms with Crippen molar-refractivity contribution in [1.29, 1.82) is 0 Å². The van der Waals surface area contributed by atoms with Gasteiger partial charge in [0.15, 0.2) is 0 Å². The molecule has 4 rings (SSSR count). The van der Waals surface area contributed by atoms with Gasteiger partial charge in [-0.05, 0) is 48.0 Å². The summed E-state index contributed by atoms with van der Waals surface area (Å²) >= 11 is 6.17. The van der Waals surface area contributed by atoms with Gasteiger partial charge in [-0.2, -0.15) is 0 Å². The second-order valence-electron chi connectivity index (χ2n) is 7.42. The summed E-state index contributed by atoms with van der Waals surface area (Å²) in [5, 5.41) is 21.3. The van der Waals surface area contributed by atoms with Crippen LogP contribution in [0.3, 0.4) is 0 Å². The van der Waals surface area contributed by atoms with Crippen LogP contribution in [0.1, 0.15) is 17.2 Å². The summed E-state index contributed by atoms with van der Waals surface area (Å²) in [7, 11) is 2.75. The van der Waals surface area contributed by atoms with Gasteiger partial charge in [0.2, 0.25) is 0 Å².